The maximum atomic E-state index is 14.6. The van der Waals surface area contributed by atoms with Crippen LogP contribution in [0.4, 0.5) is 8.78 Å². The normalized spacial score (nSPS) is 12.3. The van der Waals surface area contributed by atoms with Gasteiger partial charge < -0.3 is 10.2 Å². The molecule has 0 bridgehead atoms. The van der Waals surface area contributed by atoms with Gasteiger partial charge in [-0.3, -0.25) is 5.10 Å². The summed E-state index contributed by atoms with van der Waals surface area (Å²) in [5.74, 6) is -0.381. The summed E-state index contributed by atoms with van der Waals surface area (Å²) in [6.07, 6.45) is 3.57. The zero-order valence-electron chi connectivity index (χ0n) is 15.9. The van der Waals surface area contributed by atoms with Gasteiger partial charge in [0.1, 0.15) is 11.6 Å². The van der Waals surface area contributed by atoms with Gasteiger partial charge in [-0.05, 0) is 43.7 Å². The predicted octanol–water partition coefficient (Wildman–Crippen LogP) is 4.30. The predicted molar refractivity (Wildman–Crippen MR) is 107 cm³/mol. The molecule has 0 saturated carbocycles. The van der Waals surface area contributed by atoms with Crippen molar-refractivity contribution in [1.29, 1.82) is 0 Å². The maximum Gasteiger partial charge on any atom is 0.250 e. The molecule has 0 fully saturated rings. The van der Waals surface area contributed by atoms with Crippen molar-refractivity contribution in [2.45, 2.75) is 19.3 Å². The van der Waals surface area contributed by atoms with E-state index in [1.54, 1.807) is 30.4 Å². The molecule has 2 heterocycles. The van der Waals surface area contributed by atoms with E-state index in [1.165, 1.54) is 18.2 Å². The van der Waals surface area contributed by atoms with Crippen molar-refractivity contribution < 1.29 is 13.2 Å². The third-order valence-electron chi connectivity index (χ3n) is 4.73. The van der Waals surface area contributed by atoms with Gasteiger partial charge in [-0.1, -0.05) is 18.2 Å². The molecule has 2 aromatic carbocycles. The first-order chi connectivity index (χ1) is 13.9. The van der Waals surface area contributed by atoms with Crippen LogP contribution in [-0.2, 0) is 5.41 Å². The molecule has 0 radical (unpaired) electrons. The SMILES string of the molecule is CC(C)(CN)c1nnc(-c2cc3c(/C=C/c4ccc(F)cc4)n[nH]c3cc2F)o1. The number of halogens is 2. The minimum atomic E-state index is -0.509. The molecule has 0 unspecified atom stereocenters. The summed E-state index contributed by atoms with van der Waals surface area (Å²) in [6.45, 7) is 4.06. The quantitative estimate of drug-likeness (QED) is 0.526. The molecular weight excluding hydrogens is 376 g/mol. The van der Waals surface area contributed by atoms with Crippen molar-refractivity contribution in [1.82, 2.24) is 20.4 Å². The summed E-state index contributed by atoms with van der Waals surface area (Å²) in [6, 6.07) is 9.03. The first-order valence-electron chi connectivity index (χ1n) is 9.03. The molecule has 8 heteroatoms. The van der Waals surface area contributed by atoms with Gasteiger partial charge in [-0.15, -0.1) is 10.2 Å². The van der Waals surface area contributed by atoms with Crippen LogP contribution in [0.1, 0.15) is 31.0 Å². The van der Waals surface area contributed by atoms with Crippen LogP contribution in [0.2, 0.25) is 0 Å². The number of benzene rings is 2. The van der Waals surface area contributed by atoms with E-state index in [0.29, 0.717) is 29.0 Å². The smallest absolute Gasteiger partial charge is 0.250 e. The summed E-state index contributed by atoms with van der Waals surface area (Å²) >= 11 is 0. The number of hydrogen-bond acceptors (Lipinski definition) is 5. The number of hydrogen-bond donors (Lipinski definition) is 2. The number of nitrogens with two attached hydrogens (primary N) is 1. The molecule has 3 N–H and O–H groups in total. The average molecular weight is 395 g/mol. The molecule has 2 aromatic heterocycles. The van der Waals surface area contributed by atoms with Gasteiger partial charge in [0.25, 0.3) is 5.89 Å². The van der Waals surface area contributed by atoms with Crippen LogP contribution in [0.3, 0.4) is 0 Å². The summed E-state index contributed by atoms with van der Waals surface area (Å²) < 4.78 is 33.4. The number of rotatable bonds is 5. The minimum absolute atomic E-state index is 0.0792. The highest BCUT2D eigenvalue weighted by Gasteiger charge is 2.27. The van der Waals surface area contributed by atoms with Crippen molar-refractivity contribution in [3.63, 3.8) is 0 Å². The summed E-state index contributed by atoms with van der Waals surface area (Å²) in [5.41, 5.74) is 7.37. The van der Waals surface area contributed by atoms with E-state index in [1.807, 2.05) is 13.8 Å². The Morgan fingerprint density at radius 3 is 2.59 bits per heavy atom. The Hall–Kier alpha value is -3.39. The Labute approximate surface area is 165 Å². The average Bonchev–Trinajstić information content (AvgIpc) is 3.34. The molecule has 4 rings (SSSR count). The second kappa shape index (κ2) is 7.21. The van der Waals surface area contributed by atoms with E-state index >= 15 is 0 Å². The highest BCUT2D eigenvalue weighted by atomic mass is 19.1. The lowest BCUT2D eigenvalue weighted by atomic mass is 9.94. The van der Waals surface area contributed by atoms with Crippen LogP contribution in [0, 0.1) is 11.6 Å². The molecule has 0 atom stereocenters. The van der Waals surface area contributed by atoms with Crippen LogP contribution in [-0.4, -0.2) is 26.9 Å². The van der Waals surface area contributed by atoms with Gasteiger partial charge in [0.05, 0.1) is 22.2 Å². The van der Waals surface area contributed by atoms with E-state index in [0.717, 1.165) is 5.56 Å². The van der Waals surface area contributed by atoms with Crippen LogP contribution in [0.15, 0.2) is 40.8 Å². The standard InChI is InChI=1S/C21H19F2N5O/c1-21(2,11-24)20-28-27-19(29-20)14-9-15-17(25-26-18(15)10-16(14)23)8-5-12-3-6-13(22)7-4-12/h3-10H,11,24H2,1-2H3,(H,25,26)/b8-5+. The van der Waals surface area contributed by atoms with Gasteiger partial charge in [-0.2, -0.15) is 5.10 Å². The van der Waals surface area contributed by atoms with Crippen molar-refractivity contribution in [3.05, 3.63) is 65.2 Å². The van der Waals surface area contributed by atoms with E-state index < -0.39 is 11.2 Å². The van der Waals surface area contributed by atoms with E-state index in [2.05, 4.69) is 20.4 Å². The highest BCUT2D eigenvalue weighted by molar-refractivity contribution is 5.92. The maximum absolute atomic E-state index is 14.6. The zero-order chi connectivity index (χ0) is 20.6. The number of H-pyrrole nitrogens is 1. The Morgan fingerprint density at radius 1 is 1.10 bits per heavy atom. The van der Waals surface area contributed by atoms with Crippen LogP contribution in [0.25, 0.3) is 34.5 Å². The summed E-state index contributed by atoms with van der Waals surface area (Å²) in [5, 5.41) is 15.7. The first-order valence-corrected chi connectivity index (χ1v) is 9.03. The summed E-state index contributed by atoms with van der Waals surface area (Å²) in [7, 11) is 0. The van der Waals surface area contributed by atoms with Crippen molar-refractivity contribution in [2.75, 3.05) is 6.54 Å². The Bertz CT molecular complexity index is 1190. The molecule has 0 aliphatic rings. The monoisotopic (exact) mass is 395 g/mol. The topological polar surface area (TPSA) is 93.6 Å². The number of nitrogens with zero attached hydrogens (tertiary/aromatic N) is 3. The van der Waals surface area contributed by atoms with E-state index in [-0.39, 0.29) is 17.3 Å². The van der Waals surface area contributed by atoms with Crippen molar-refractivity contribution in [3.8, 4) is 11.5 Å². The molecule has 0 aliphatic carbocycles. The lowest BCUT2D eigenvalue weighted by Gasteiger charge is -2.16. The largest absolute Gasteiger partial charge is 0.420 e. The van der Waals surface area contributed by atoms with Crippen LogP contribution >= 0.6 is 0 Å². The van der Waals surface area contributed by atoms with Crippen molar-refractivity contribution >= 4 is 23.1 Å². The molecule has 0 aliphatic heterocycles. The molecule has 29 heavy (non-hydrogen) atoms. The summed E-state index contributed by atoms with van der Waals surface area (Å²) in [4.78, 5) is 0. The Kier molecular flexibility index (Phi) is 4.71. The molecule has 0 spiro atoms. The van der Waals surface area contributed by atoms with Crippen molar-refractivity contribution in [2.24, 2.45) is 5.73 Å². The zero-order valence-corrected chi connectivity index (χ0v) is 15.9. The number of aromatic nitrogens is 4. The van der Waals surface area contributed by atoms with Gasteiger partial charge in [-0.25, -0.2) is 8.78 Å². The van der Waals surface area contributed by atoms with Crippen LogP contribution < -0.4 is 5.73 Å². The van der Waals surface area contributed by atoms with Gasteiger partial charge in [0.2, 0.25) is 5.89 Å². The molecule has 0 amide bonds. The van der Waals surface area contributed by atoms with Gasteiger partial charge in [0, 0.05) is 18.0 Å². The second-order valence-corrected chi connectivity index (χ2v) is 7.37. The molecule has 6 nitrogen and oxygen atoms in total. The Morgan fingerprint density at radius 2 is 1.86 bits per heavy atom. The molecule has 0 saturated heterocycles. The minimum Gasteiger partial charge on any atom is -0.420 e. The first kappa shape index (κ1) is 18.9. The fourth-order valence-electron chi connectivity index (χ4n) is 2.79. The highest BCUT2D eigenvalue weighted by Crippen LogP contribution is 2.30. The third-order valence-corrected chi connectivity index (χ3v) is 4.73. The second-order valence-electron chi connectivity index (χ2n) is 7.37. The lowest BCUT2D eigenvalue weighted by molar-refractivity contribution is 0.380. The lowest BCUT2D eigenvalue weighted by Crippen LogP contribution is -2.28. The molecule has 148 valence electrons. The van der Waals surface area contributed by atoms with Crippen LogP contribution in [0.5, 0.6) is 0 Å². The Balaban J connectivity index is 1.72. The van der Waals surface area contributed by atoms with Gasteiger partial charge >= 0.3 is 0 Å². The fraction of sp³-hybridized carbons (Fsp3) is 0.190. The third kappa shape index (κ3) is 3.66. The molecule has 4 aromatic rings. The van der Waals surface area contributed by atoms with Gasteiger partial charge in [0.15, 0.2) is 0 Å². The fourth-order valence-corrected chi connectivity index (χ4v) is 2.79. The van der Waals surface area contributed by atoms with E-state index in [9.17, 15) is 8.78 Å². The number of nitrogens with one attached hydrogen (secondary N) is 1. The molecular formula is C21H19F2N5O. The number of aromatic amines is 1. The number of fused-ring (bicyclic) bond motifs is 1. The van der Waals surface area contributed by atoms with E-state index in [4.69, 9.17) is 10.2 Å².